The lowest BCUT2D eigenvalue weighted by Gasteiger charge is -2.38. The molecule has 0 radical (unpaired) electrons. The Morgan fingerprint density at radius 3 is 2.26 bits per heavy atom. The number of halogens is 8. The molecule has 0 bridgehead atoms. The topological polar surface area (TPSA) is 150 Å². The summed E-state index contributed by atoms with van der Waals surface area (Å²) in [6.45, 7) is 0.498. The van der Waals surface area contributed by atoms with Crippen LogP contribution in [-0.4, -0.2) is 78.7 Å². The van der Waals surface area contributed by atoms with Crippen molar-refractivity contribution in [3.05, 3.63) is 33.4 Å². The quantitative estimate of drug-likeness (QED) is 0.269. The largest absolute Gasteiger partial charge is 0.476 e. The van der Waals surface area contributed by atoms with E-state index in [1.165, 1.54) is 13.0 Å². The molecule has 1 aromatic heterocycles. The Hall–Kier alpha value is -2.17. The summed E-state index contributed by atoms with van der Waals surface area (Å²) < 4.78 is 103. The Balaban J connectivity index is 1.99. The van der Waals surface area contributed by atoms with Gasteiger partial charge in [0.1, 0.15) is 40.8 Å². The van der Waals surface area contributed by atoms with Gasteiger partial charge in [-0.25, -0.2) is 8.89 Å². The third kappa shape index (κ3) is 6.60. The second-order valence-corrected chi connectivity index (χ2v) is 10.3. The molecular weight excluding hydrogens is 609 g/mol. The molecule has 1 aromatic carbocycles. The van der Waals surface area contributed by atoms with Gasteiger partial charge in [0.2, 0.25) is 0 Å². The summed E-state index contributed by atoms with van der Waals surface area (Å²) >= 11 is 11.9. The second-order valence-electron chi connectivity index (χ2n) is 8.03. The van der Waals surface area contributed by atoms with Gasteiger partial charge >= 0.3 is 11.7 Å². The maximum Gasteiger partial charge on any atom is 0.476 e. The van der Waals surface area contributed by atoms with Crippen LogP contribution in [0.2, 0.25) is 10.0 Å². The van der Waals surface area contributed by atoms with Crippen molar-refractivity contribution in [1.82, 2.24) is 9.78 Å². The van der Waals surface area contributed by atoms with Crippen LogP contribution in [0.4, 0.5) is 32.2 Å². The Morgan fingerprint density at radius 1 is 1.15 bits per heavy atom. The Bertz CT molecular complexity index is 1260. The van der Waals surface area contributed by atoms with Gasteiger partial charge < -0.3 is 30.1 Å². The van der Waals surface area contributed by atoms with Gasteiger partial charge in [-0.05, 0) is 19.1 Å². The summed E-state index contributed by atoms with van der Waals surface area (Å²) in [4.78, 5) is -1.15. The van der Waals surface area contributed by atoms with Crippen LogP contribution in [0.15, 0.2) is 17.0 Å². The van der Waals surface area contributed by atoms with Crippen molar-refractivity contribution in [3.8, 4) is 11.8 Å². The molecule has 2 aromatic rings. The van der Waals surface area contributed by atoms with Gasteiger partial charge in [0.05, 0.1) is 28.3 Å². The van der Waals surface area contributed by atoms with Gasteiger partial charge in [-0.15, -0.1) is 0 Å². The molecule has 39 heavy (non-hydrogen) atoms. The van der Waals surface area contributed by atoms with Gasteiger partial charge in [-0.2, -0.15) is 36.7 Å². The lowest BCUT2D eigenvalue weighted by atomic mass is 10.0. The number of rotatable bonds is 7. The maximum atomic E-state index is 13.4. The maximum absolute atomic E-state index is 13.4. The summed E-state index contributed by atoms with van der Waals surface area (Å²) in [5.74, 6) is -0.747. The fraction of sp³-hybridized carbons (Fsp3) is 0.500. The van der Waals surface area contributed by atoms with E-state index >= 15 is 0 Å². The zero-order valence-corrected chi connectivity index (χ0v) is 21.6. The van der Waals surface area contributed by atoms with E-state index in [2.05, 4.69) is 10.4 Å². The molecule has 0 amide bonds. The molecule has 2 heterocycles. The van der Waals surface area contributed by atoms with Gasteiger partial charge in [0.25, 0.3) is 0 Å². The monoisotopic (exact) mass is 626 g/mol. The van der Waals surface area contributed by atoms with Crippen molar-refractivity contribution in [2.75, 3.05) is 18.5 Å². The molecule has 216 valence electrons. The Kier molecular flexibility index (Phi) is 9.45. The molecule has 10 nitrogen and oxygen atoms in total. The minimum absolute atomic E-state index is 0.436. The number of nitriles is 1. The molecule has 6 atom stereocenters. The fourth-order valence-electron chi connectivity index (χ4n) is 3.51. The van der Waals surface area contributed by atoms with Crippen molar-refractivity contribution >= 4 is 39.8 Å². The van der Waals surface area contributed by atoms with Crippen LogP contribution in [0.5, 0.6) is 0 Å². The minimum Gasteiger partial charge on any atom is -0.388 e. The van der Waals surface area contributed by atoms with Crippen molar-refractivity contribution < 1.29 is 55.3 Å². The van der Waals surface area contributed by atoms with Crippen molar-refractivity contribution in [1.29, 1.82) is 5.26 Å². The number of hydrogen-bond acceptors (Lipinski definition) is 9. The van der Waals surface area contributed by atoms with Crippen LogP contribution in [0, 0.1) is 11.3 Å². The van der Waals surface area contributed by atoms with E-state index in [9.17, 15) is 51.1 Å². The standard InChI is InChI=1S/C20H18Cl2F6N4O6S/c1-7-13(33)14(34)15(35)18(38-7)37-3-2-30-17-16(39(36)20(26,27)28)11(6-29)31-32(17)12-9(21)4-8(5-10(12)22)19(23,24)25/h4-5,7,13-15,18,30,33-35H,2-3H2,1H3/t7-,13-,14+,15+,18+,39?/m1/s1. The molecule has 3 rings (SSSR count). The highest BCUT2D eigenvalue weighted by atomic mass is 35.5. The number of aromatic nitrogens is 2. The predicted octanol–water partition coefficient (Wildman–Crippen LogP) is 2.95. The SMILES string of the molecule is C[C@H]1O[C@H](OCCNc2c(S(=O)C(F)(F)F)c(C#N)nn2-c2c(Cl)cc(C(F)(F)F)cc2Cl)[C@@H](O)[C@@H](O)[C@@H]1O. The van der Waals surface area contributed by atoms with Crippen LogP contribution in [0.3, 0.4) is 0 Å². The first-order valence-corrected chi connectivity index (χ1v) is 12.5. The lowest BCUT2D eigenvalue weighted by Crippen LogP contribution is -2.57. The highest BCUT2D eigenvalue weighted by Gasteiger charge is 2.44. The number of ether oxygens (including phenoxy) is 2. The predicted molar refractivity (Wildman–Crippen MR) is 123 cm³/mol. The van der Waals surface area contributed by atoms with Crippen LogP contribution in [0.1, 0.15) is 18.2 Å². The van der Waals surface area contributed by atoms with Gasteiger partial charge in [0, 0.05) is 6.54 Å². The summed E-state index contributed by atoms with van der Waals surface area (Å²) in [6.07, 6.45) is -12.0. The molecule has 19 heteroatoms. The lowest BCUT2D eigenvalue weighted by molar-refractivity contribution is -0.292. The number of benzene rings is 1. The number of anilines is 1. The zero-order chi connectivity index (χ0) is 29.4. The zero-order valence-electron chi connectivity index (χ0n) is 19.3. The summed E-state index contributed by atoms with van der Waals surface area (Å²) in [6, 6.07) is 2.22. The number of hydrogen-bond donors (Lipinski definition) is 4. The van der Waals surface area contributed by atoms with Crippen molar-refractivity contribution in [2.24, 2.45) is 0 Å². The van der Waals surface area contributed by atoms with Crippen molar-refractivity contribution in [3.63, 3.8) is 0 Å². The van der Waals surface area contributed by atoms with E-state index in [4.69, 9.17) is 32.7 Å². The van der Waals surface area contributed by atoms with E-state index in [0.29, 0.717) is 16.8 Å². The minimum atomic E-state index is -5.37. The number of nitrogens with one attached hydrogen (secondary N) is 1. The van der Waals surface area contributed by atoms with Gasteiger partial charge in [-0.3, -0.25) is 0 Å². The number of nitrogens with zero attached hydrogens (tertiary/aromatic N) is 3. The Labute approximate surface area is 228 Å². The summed E-state index contributed by atoms with van der Waals surface area (Å²) in [7, 11) is -3.84. The molecule has 0 aliphatic carbocycles. The van der Waals surface area contributed by atoms with E-state index in [-0.39, 0.29) is 0 Å². The number of aliphatic hydroxyl groups is 3. The third-order valence-corrected chi connectivity index (χ3v) is 7.14. The van der Waals surface area contributed by atoms with Gasteiger partial charge in [-0.1, -0.05) is 23.2 Å². The first kappa shape index (κ1) is 31.4. The summed E-state index contributed by atoms with van der Waals surface area (Å²) in [5.41, 5.74) is -8.18. The molecule has 1 aliphatic rings. The molecular formula is C20H18Cl2F6N4O6S. The molecule has 4 N–H and O–H groups in total. The molecule has 1 unspecified atom stereocenters. The molecule has 0 saturated carbocycles. The highest BCUT2D eigenvalue weighted by molar-refractivity contribution is 7.86. The number of aliphatic hydroxyl groups excluding tert-OH is 3. The molecule has 1 saturated heterocycles. The van der Waals surface area contributed by atoms with E-state index < -0.39 is 104 Å². The fourth-order valence-corrected chi connectivity index (χ4v) is 4.99. The van der Waals surface area contributed by atoms with Gasteiger partial charge in [0.15, 0.2) is 22.8 Å². The Morgan fingerprint density at radius 2 is 1.74 bits per heavy atom. The third-order valence-electron chi connectivity index (χ3n) is 5.38. The van der Waals surface area contributed by atoms with Crippen LogP contribution < -0.4 is 5.32 Å². The second kappa shape index (κ2) is 11.7. The van der Waals surface area contributed by atoms with Crippen LogP contribution in [-0.2, 0) is 26.4 Å². The number of alkyl halides is 6. The first-order chi connectivity index (χ1) is 18.0. The summed E-state index contributed by atoms with van der Waals surface area (Å²) in [5, 5.41) is 43.6. The molecule has 1 fully saturated rings. The highest BCUT2D eigenvalue weighted by Crippen LogP contribution is 2.41. The molecule has 0 spiro atoms. The van der Waals surface area contributed by atoms with Crippen molar-refractivity contribution in [2.45, 2.75) is 54.2 Å². The average Bonchev–Trinajstić information content (AvgIpc) is 3.19. The van der Waals surface area contributed by atoms with E-state index in [1.807, 2.05) is 0 Å². The first-order valence-electron chi connectivity index (χ1n) is 10.6. The van der Waals surface area contributed by atoms with Crippen LogP contribution in [0.25, 0.3) is 5.69 Å². The van der Waals surface area contributed by atoms with E-state index in [1.54, 1.807) is 0 Å². The normalized spacial score (nSPS) is 24.8. The smallest absolute Gasteiger partial charge is 0.388 e. The molecule has 1 aliphatic heterocycles. The van der Waals surface area contributed by atoms with E-state index in [0.717, 1.165) is 0 Å². The average molecular weight is 627 g/mol. The van der Waals surface area contributed by atoms with Crippen LogP contribution >= 0.6 is 23.2 Å².